The summed E-state index contributed by atoms with van der Waals surface area (Å²) in [5, 5.41) is 0. The number of pyridine rings is 1. The number of amides is 2. The third-order valence-electron chi connectivity index (χ3n) is 3.38. The van der Waals surface area contributed by atoms with Crippen LogP contribution in [0.3, 0.4) is 0 Å². The predicted octanol–water partition coefficient (Wildman–Crippen LogP) is -0.659. The Bertz CT molecular complexity index is 590. The maximum atomic E-state index is 12.2. The summed E-state index contributed by atoms with van der Waals surface area (Å²) in [5.74, 6) is -0.174. The largest absolute Gasteiger partial charge is 0.453 e. The summed E-state index contributed by atoms with van der Waals surface area (Å²) in [5.41, 5.74) is 5.76. The summed E-state index contributed by atoms with van der Waals surface area (Å²) in [7, 11) is 1.33. The van der Waals surface area contributed by atoms with Crippen LogP contribution in [0.2, 0.25) is 0 Å². The van der Waals surface area contributed by atoms with Gasteiger partial charge in [0.2, 0.25) is 5.91 Å². The number of nitrogens with zero attached hydrogens (tertiary/aromatic N) is 3. The Morgan fingerprint density at radius 3 is 2.43 bits per heavy atom. The average Bonchev–Trinajstić information content (AvgIpc) is 2.50. The van der Waals surface area contributed by atoms with Crippen LogP contribution in [0.1, 0.15) is 0 Å². The SMILES string of the molecule is COC(=O)N1CCN(C(=O)Cn2cc(N)ccc2=O)CC1. The lowest BCUT2D eigenvalue weighted by atomic mass is 10.3. The van der Waals surface area contributed by atoms with Crippen molar-refractivity contribution in [1.82, 2.24) is 14.4 Å². The number of hydrogen-bond acceptors (Lipinski definition) is 5. The van der Waals surface area contributed by atoms with Crippen LogP contribution >= 0.6 is 0 Å². The fourth-order valence-corrected chi connectivity index (χ4v) is 2.19. The molecule has 21 heavy (non-hydrogen) atoms. The molecule has 0 aromatic carbocycles. The van der Waals surface area contributed by atoms with E-state index in [0.29, 0.717) is 31.9 Å². The quantitative estimate of drug-likeness (QED) is 0.781. The van der Waals surface area contributed by atoms with Crippen molar-refractivity contribution in [3.05, 3.63) is 28.7 Å². The van der Waals surface area contributed by atoms with Gasteiger partial charge in [0.15, 0.2) is 0 Å². The molecule has 1 aliphatic rings. The number of nitrogen functional groups attached to an aromatic ring is 1. The van der Waals surface area contributed by atoms with Gasteiger partial charge in [0, 0.05) is 44.1 Å². The minimum absolute atomic E-state index is 0.0535. The first kappa shape index (κ1) is 14.9. The molecular weight excluding hydrogens is 276 g/mol. The van der Waals surface area contributed by atoms with E-state index >= 15 is 0 Å². The van der Waals surface area contributed by atoms with Crippen molar-refractivity contribution in [3.63, 3.8) is 0 Å². The van der Waals surface area contributed by atoms with Crippen LogP contribution in [0.5, 0.6) is 0 Å². The van der Waals surface area contributed by atoms with Crippen LogP contribution in [0.4, 0.5) is 10.5 Å². The monoisotopic (exact) mass is 294 g/mol. The highest BCUT2D eigenvalue weighted by Gasteiger charge is 2.24. The lowest BCUT2D eigenvalue weighted by Crippen LogP contribution is -2.51. The molecule has 2 rings (SSSR count). The smallest absolute Gasteiger partial charge is 0.409 e. The van der Waals surface area contributed by atoms with Crippen LogP contribution in [0.25, 0.3) is 0 Å². The van der Waals surface area contributed by atoms with Gasteiger partial charge in [-0.1, -0.05) is 0 Å². The second-order valence-corrected chi connectivity index (χ2v) is 4.77. The normalized spacial score (nSPS) is 14.9. The fraction of sp³-hybridized carbons (Fsp3) is 0.462. The number of hydrogen-bond donors (Lipinski definition) is 1. The molecule has 8 heteroatoms. The summed E-state index contributed by atoms with van der Waals surface area (Å²) in [6.07, 6.45) is 1.06. The molecule has 0 unspecified atom stereocenters. The Balaban J connectivity index is 1.95. The molecule has 0 radical (unpaired) electrons. The topological polar surface area (TPSA) is 97.9 Å². The zero-order chi connectivity index (χ0) is 15.4. The molecule has 0 aliphatic carbocycles. The van der Waals surface area contributed by atoms with Crippen molar-refractivity contribution in [2.75, 3.05) is 39.0 Å². The number of methoxy groups -OCH3 is 1. The van der Waals surface area contributed by atoms with E-state index in [1.165, 1.54) is 34.9 Å². The number of carbonyl (C=O) groups excluding carboxylic acids is 2. The first-order valence-corrected chi connectivity index (χ1v) is 6.58. The van der Waals surface area contributed by atoms with E-state index in [2.05, 4.69) is 4.74 Å². The Kier molecular flexibility index (Phi) is 4.46. The molecular formula is C13H18N4O4. The number of anilines is 1. The molecule has 0 bridgehead atoms. The Hall–Kier alpha value is -2.51. The van der Waals surface area contributed by atoms with Gasteiger partial charge in [-0.15, -0.1) is 0 Å². The molecule has 2 N–H and O–H groups in total. The summed E-state index contributed by atoms with van der Waals surface area (Å²) < 4.78 is 5.92. The van der Waals surface area contributed by atoms with Gasteiger partial charge in [-0.3, -0.25) is 9.59 Å². The van der Waals surface area contributed by atoms with Crippen molar-refractivity contribution < 1.29 is 14.3 Å². The van der Waals surface area contributed by atoms with E-state index in [-0.39, 0.29) is 18.0 Å². The van der Waals surface area contributed by atoms with Crippen molar-refractivity contribution >= 4 is 17.7 Å². The summed E-state index contributed by atoms with van der Waals surface area (Å²) in [6.45, 7) is 1.63. The number of piperazine rings is 1. The van der Waals surface area contributed by atoms with E-state index in [1.807, 2.05) is 0 Å². The third-order valence-corrected chi connectivity index (χ3v) is 3.38. The molecule has 0 atom stereocenters. The zero-order valence-electron chi connectivity index (χ0n) is 11.8. The number of carbonyl (C=O) groups is 2. The highest BCUT2D eigenvalue weighted by Crippen LogP contribution is 2.05. The fourth-order valence-electron chi connectivity index (χ4n) is 2.19. The second kappa shape index (κ2) is 6.29. The van der Waals surface area contributed by atoms with Gasteiger partial charge in [0.25, 0.3) is 5.56 Å². The first-order chi connectivity index (χ1) is 10.0. The molecule has 114 valence electrons. The molecule has 2 amide bonds. The third kappa shape index (κ3) is 3.53. The molecule has 1 aromatic rings. The van der Waals surface area contributed by atoms with E-state index in [4.69, 9.17) is 5.73 Å². The van der Waals surface area contributed by atoms with Crippen molar-refractivity contribution in [1.29, 1.82) is 0 Å². The Morgan fingerprint density at radius 1 is 1.19 bits per heavy atom. The standard InChI is InChI=1S/C13H18N4O4/c1-21-13(20)16-6-4-15(5-7-16)12(19)9-17-8-10(14)2-3-11(17)18/h2-3,8H,4-7,9,14H2,1H3. The Morgan fingerprint density at radius 2 is 1.81 bits per heavy atom. The molecule has 0 spiro atoms. The van der Waals surface area contributed by atoms with Crippen molar-refractivity contribution in [2.24, 2.45) is 0 Å². The summed E-state index contributed by atoms with van der Waals surface area (Å²) in [4.78, 5) is 38.3. The van der Waals surface area contributed by atoms with Crippen LogP contribution < -0.4 is 11.3 Å². The molecule has 8 nitrogen and oxygen atoms in total. The van der Waals surface area contributed by atoms with E-state index in [0.717, 1.165) is 0 Å². The molecule has 1 aliphatic heterocycles. The van der Waals surface area contributed by atoms with Crippen LogP contribution in [0.15, 0.2) is 23.1 Å². The zero-order valence-corrected chi connectivity index (χ0v) is 11.8. The number of nitrogens with two attached hydrogens (primary N) is 1. The van der Waals surface area contributed by atoms with Gasteiger partial charge in [0.1, 0.15) is 6.54 Å². The average molecular weight is 294 g/mol. The summed E-state index contributed by atoms with van der Waals surface area (Å²) >= 11 is 0. The van der Waals surface area contributed by atoms with Crippen molar-refractivity contribution in [2.45, 2.75) is 6.54 Å². The van der Waals surface area contributed by atoms with Gasteiger partial charge in [-0.2, -0.15) is 0 Å². The second-order valence-electron chi connectivity index (χ2n) is 4.77. The lowest BCUT2D eigenvalue weighted by molar-refractivity contribution is -0.133. The molecule has 0 saturated carbocycles. The number of aromatic nitrogens is 1. The van der Waals surface area contributed by atoms with Gasteiger partial charge in [0.05, 0.1) is 7.11 Å². The molecule has 1 aromatic heterocycles. The van der Waals surface area contributed by atoms with Gasteiger partial charge in [-0.05, 0) is 6.07 Å². The maximum Gasteiger partial charge on any atom is 0.409 e. The van der Waals surface area contributed by atoms with E-state index < -0.39 is 6.09 Å². The van der Waals surface area contributed by atoms with Crippen LogP contribution in [-0.2, 0) is 16.1 Å². The minimum atomic E-state index is -0.394. The molecule has 2 heterocycles. The summed E-state index contributed by atoms with van der Waals surface area (Å²) in [6, 6.07) is 2.83. The lowest BCUT2D eigenvalue weighted by Gasteiger charge is -2.33. The Labute approximate surface area is 121 Å². The maximum absolute atomic E-state index is 12.2. The van der Waals surface area contributed by atoms with E-state index in [9.17, 15) is 14.4 Å². The number of rotatable bonds is 2. The van der Waals surface area contributed by atoms with Gasteiger partial charge < -0.3 is 24.8 Å². The molecule has 1 fully saturated rings. The highest BCUT2D eigenvalue weighted by atomic mass is 16.5. The van der Waals surface area contributed by atoms with Crippen LogP contribution in [-0.4, -0.2) is 59.7 Å². The van der Waals surface area contributed by atoms with E-state index in [1.54, 1.807) is 4.90 Å². The molecule has 1 saturated heterocycles. The van der Waals surface area contributed by atoms with Gasteiger partial charge in [-0.25, -0.2) is 4.79 Å². The predicted molar refractivity (Wildman–Crippen MR) is 75.7 cm³/mol. The first-order valence-electron chi connectivity index (χ1n) is 6.58. The van der Waals surface area contributed by atoms with Gasteiger partial charge >= 0.3 is 6.09 Å². The van der Waals surface area contributed by atoms with Crippen molar-refractivity contribution in [3.8, 4) is 0 Å². The highest BCUT2D eigenvalue weighted by molar-refractivity contribution is 5.76. The minimum Gasteiger partial charge on any atom is -0.453 e. The van der Waals surface area contributed by atoms with Crippen LogP contribution in [0, 0.1) is 0 Å². The number of ether oxygens (including phenoxy) is 1.